The predicted octanol–water partition coefficient (Wildman–Crippen LogP) is 3.24. The monoisotopic (exact) mass is 662 g/mol. The number of fused-ring (bicyclic) bond motifs is 4. The van der Waals surface area contributed by atoms with Gasteiger partial charge in [-0.25, -0.2) is 0 Å². The van der Waals surface area contributed by atoms with Gasteiger partial charge in [-0.1, -0.05) is 39.2 Å². The molecule has 4 aliphatic rings. The second kappa shape index (κ2) is 9.64. The zero-order chi connectivity index (χ0) is 28.6. The summed E-state index contributed by atoms with van der Waals surface area (Å²) in [6.45, 7) is -0.281. The molecule has 2 saturated heterocycles. The quantitative estimate of drug-likeness (QED) is 0.205. The number of ether oxygens (including phenoxy) is 1. The molecule has 2 N–H and O–H groups in total. The fourth-order valence-electron chi connectivity index (χ4n) is 6.54. The highest BCUT2D eigenvalue weighted by molar-refractivity contribution is 9.09. The first-order valence-electron chi connectivity index (χ1n) is 12.0. The van der Waals surface area contributed by atoms with Crippen molar-refractivity contribution in [3.63, 3.8) is 0 Å². The van der Waals surface area contributed by atoms with E-state index in [0.29, 0.717) is 11.1 Å². The van der Waals surface area contributed by atoms with E-state index in [9.17, 15) is 29.1 Å². The van der Waals surface area contributed by atoms with Gasteiger partial charge in [-0.3, -0.25) is 33.8 Å². The van der Waals surface area contributed by atoms with Crippen LogP contribution in [-0.2, 0) is 24.0 Å². The van der Waals surface area contributed by atoms with Crippen molar-refractivity contribution in [2.75, 3.05) is 19.1 Å². The Kier molecular flexibility index (Phi) is 6.97. The lowest BCUT2D eigenvalue weighted by Crippen LogP contribution is -2.60. The van der Waals surface area contributed by atoms with Crippen LogP contribution in [0.1, 0.15) is 30.7 Å². The number of carboxylic acid groups (broad SMARTS) is 1. The van der Waals surface area contributed by atoms with Gasteiger partial charge in [-0.05, 0) is 36.5 Å². The molecule has 2 aliphatic carbocycles. The van der Waals surface area contributed by atoms with E-state index in [4.69, 9.17) is 44.6 Å². The molecule has 3 fully saturated rings. The van der Waals surface area contributed by atoms with Gasteiger partial charge in [-0.15, -0.1) is 23.2 Å². The normalized spacial score (nSPS) is 33.6. The third-order valence-electron chi connectivity index (χ3n) is 8.26. The first-order chi connectivity index (χ1) is 18.3. The largest absolute Gasteiger partial charge is 0.503 e. The van der Waals surface area contributed by atoms with Gasteiger partial charge in [0.05, 0.1) is 35.8 Å². The van der Waals surface area contributed by atoms with Crippen molar-refractivity contribution in [1.29, 1.82) is 0 Å². The molecule has 1 aromatic carbocycles. The Morgan fingerprint density at radius 2 is 1.82 bits per heavy atom. The molecule has 4 amide bonds. The SMILES string of the molecule is COc1cc([C@H]2C3=CC[C@@H]4C(=O)N(CCC(=O)O)C(=O)[C@@H]4[C@@H]3C[C@@]3(Cl)C(=O)N(CBr)C(=O)[C@@]23Cl)cc(Cl)c1O. The molecule has 0 radical (unpaired) electrons. The van der Waals surface area contributed by atoms with Crippen LogP contribution in [0, 0.1) is 17.8 Å². The van der Waals surface area contributed by atoms with E-state index >= 15 is 0 Å². The zero-order valence-electron chi connectivity index (χ0n) is 20.3. The highest BCUT2D eigenvalue weighted by Gasteiger charge is 2.76. The van der Waals surface area contributed by atoms with Gasteiger partial charge < -0.3 is 14.9 Å². The van der Waals surface area contributed by atoms with E-state index in [1.54, 1.807) is 6.08 Å². The summed E-state index contributed by atoms with van der Waals surface area (Å²) in [5.41, 5.74) is 0.683. The van der Waals surface area contributed by atoms with Gasteiger partial charge in [0.2, 0.25) is 11.8 Å². The number of halogens is 4. The van der Waals surface area contributed by atoms with Crippen molar-refractivity contribution < 1.29 is 38.9 Å². The molecule has 2 aliphatic heterocycles. The Labute approximate surface area is 245 Å². The number of carbonyl (C=O) groups excluding carboxylic acids is 4. The Hall–Kier alpha value is -2.34. The van der Waals surface area contributed by atoms with E-state index in [1.807, 2.05) is 0 Å². The van der Waals surface area contributed by atoms with Crippen molar-refractivity contribution in [2.45, 2.75) is 34.9 Å². The third kappa shape index (κ3) is 3.76. The summed E-state index contributed by atoms with van der Waals surface area (Å²) in [5.74, 6) is -7.59. The molecule has 14 heteroatoms. The van der Waals surface area contributed by atoms with Crippen LogP contribution in [0.25, 0.3) is 0 Å². The molecule has 5 rings (SSSR count). The van der Waals surface area contributed by atoms with Crippen molar-refractivity contribution in [1.82, 2.24) is 9.80 Å². The molecule has 0 bridgehead atoms. The van der Waals surface area contributed by atoms with Crippen LogP contribution in [0.2, 0.25) is 5.02 Å². The molecule has 1 saturated carbocycles. The standard InChI is InChI=1S/C25H22BrCl3N2O8/c1-39-15-7-10(6-14(27)19(15)34)18-11-2-3-12-17(21(36)30(20(12)35)5-4-16(32)33)13(11)8-24(28)22(37)31(9-26)23(38)25(18,24)29/h2,6-7,12-13,17-18,34H,3-5,8-9H2,1H3,(H,32,33)/t12-,13+,17-,18-,24+,25-/m0/s1. The minimum Gasteiger partial charge on any atom is -0.503 e. The summed E-state index contributed by atoms with van der Waals surface area (Å²) in [6, 6.07) is 2.84. The van der Waals surface area contributed by atoms with E-state index in [1.165, 1.54) is 19.2 Å². The summed E-state index contributed by atoms with van der Waals surface area (Å²) in [6.07, 6.45) is 1.26. The predicted molar refractivity (Wildman–Crippen MR) is 142 cm³/mol. The van der Waals surface area contributed by atoms with Crippen molar-refractivity contribution in [3.8, 4) is 11.5 Å². The van der Waals surface area contributed by atoms with Crippen LogP contribution in [0.5, 0.6) is 11.5 Å². The Morgan fingerprint density at radius 3 is 2.44 bits per heavy atom. The smallest absolute Gasteiger partial charge is 0.305 e. The minimum atomic E-state index is -2.03. The Bertz CT molecular complexity index is 1370. The van der Waals surface area contributed by atoms with Gasteiger partial charge in [0.15, 0.2) is 21.2 Å². The highest BCUT2D eigenvalue weighted by atomic mass is 79.9. The van der Waals surface area contributed by atoms with E-state index in [0.717, 1.165) is 9.80 Å². The molecule has 1 aromatic rings. The van der Waals surface area contributed by atoms with Crippen LogP contribution in [-0.4, -0.2) is 78.5 Å². The summed E-state index contributed by atoms with van der Waals surface area (Å²) in [4.78, 5) is 63.1. The fourth-order valence-corrected chi connectivity index (χ4v) is 8.18. The molecule has 6 atom stereocenters. The number of hydrogen-bond acceptors (Lipinski definition) is 7. The average Bonchev–Trinajstić information content (AvgIpc) is 3.22. The number of phenols is 1. The lowest BCUT2D eigenvalue weighted by atomic mass is 9.56. The average molecular weight is 665 g/mol. The first-order valence-corrected chi connectivity index (χ1v) is 14.2. The van der Waals surface area contributed by atoms with Gasteiger partial charge in [-0.2, -0.15) is 0 Å². The highest BCUT2D eigenvalue weighted by Crippen LogP contribution is 2.66. The number of amides is 4. The molecule has 0 aromatic heterocycles. The maximum absolute atomic E-state index is 13.8. The number of phenolic OH excluding ortho intramolecular Hbond substituents is 1. The molecular formula is C25H22BrCl3N2O8. The topological polar surface area (TPSA) is 142 Å². The maximum Gasteiger partial charge on any atom is 0.305 e. The third-order valence-corrected chi connectivity index (χ3v) is 10.5. The van der Waals surface area contributed by atoms with Gasteiger partial charge in [0, 0.05) is 12.5 Å². The van der Waals surface area contributed by atoms with Crippen LogP contribution in [0.15, 0.2) is 23.8 Å². The molecule has 0 spiro atoms. The molecule has 2 heterocycles. The maximum atomic E-state index is 13.8. The summed E-state index contributed by atoms with van der Waals surface area (Å²) in [5, 5.41) is 19.3. The van der Waals surface area contributed by atoms with E-state index in [2.05, 4.69) is 15.9 Å². The fraction of sp³-hybridized carbons (Fsp3) is 0.480. The van der Waals surface area contributed by atoms with Crippen LogP contribution >= 0.6 is 50.7 Å². The van der Waals surface area contributed by atoms with Crippen LogP contribution < -0.4 is 4.74 Å². The number of aliphatic carboxylic acids is 1. The molecule has 0 unspecified atom stereocenters. The molecule has 208 valence electrons. The summed E-state index contributed by atoms with van der Waals surface area (Å²) < 4.78 is 5.26. The van der Waals surface area contributed by atoms with Crippen molar-refractivity contribution >= 4 is 80.3 Å². The van der Waals surface area contributed by atoms with Gasteiger partial charge in [0.1, 0.15) is 0 Å². The lowest BCUT2D eigenvalue weighted by molar-refractivity contribution is -0.143. The van der Waals surface area contributed by atoms with Crippen LogP contribution in [0.4, 0.5) is 0 Å². The molecule has 39 heavy (non-hydrogen) atoms. The Morgan fingerprint density at radius 1 is 1.13 bits per heavy atom. The van der Waals surface area contributed by atoms with E-state index < -0.39 is 69.4 Å². The number of carbonyl (C=O) groups is 5. The number of imide groups is 2. The number of likely N-dealkylation sites (tertiary alicyclic amines) is 2. The molecule has 10 nitrogen and oxygen atoms in total. The number of benzene rings is 1. The minimum absolute atomic E-state index is 0.00423. The van der Waals surface area contributed by atoms with Crippen molar-refractivity contribution in [2.24, 2.45) is 17.8 Å². The number of allylic oxidation sites excluding steroid dienone is 2. The summed E-state index contributed by atoms with van der Waals surface area (Å²) >= 11 is 23.7. The number of hydrogen-bond donors (Lipinski definition) is 2. The second-order valence-corrected chi connectivity index (χ2v) is 12.2. The molecular weight excluding hydrogens is 643 g/mol. The van der Waals surface area contributed by atoms with Gasteiger partial charge in [0.25, 0.3) is 11.8 Å². The number of carboxylic acids is 1. The first kappa shape index (κ1) is 28.2. The number of methoxy groups -OCH3 is 1. The lowest BCUT2D eigenvalue weighted by Gasteiger charge is -2.50. The number of nitrogens with zero attached hydrogens (tertiary/aromatic N) is 2. The summed E-state index contributed by atoms with van der Waals surface area (Å²) in [7, 11) is 1.32. The number of rotatable bonds is 6. The van der Waals surface area contributed by atoms with Crippen LogP contribution in [0.3, 0.4) is 0 Å². The van der Waals surface area contributed by atoms with E-state index in [-0.39, 0.29) is 41.4 Å². The number of aromatic hydroxyl groups is 1. The second-order valence-electron chi connectivity index (χ2n) is 10.0. The van der Waals surface area contributed by atoms with Gasteiger partial charge >= 0.3 is 5.97 Å². The number of alkyl halides is 3. The zero-order valence-corrected chi connectivity index (χ0v) is 24.2. The Balaban J connectivity index is 1.70. The van der Waals surface area contributed by atoms with Crippen molar-refractivity contribution in [3.05, 3.63) is 34.4 Å².